The molecule has 7 heteroatoms. The van der Waals surface area contributed by atoms with Crippen LogP contribution >= 0.6 is 11.3 Å². The molecule has 0 saturated carbocycles. The van der Waals surface area contributed by atoms with E-state index in [0.29, 0.717) is 28.7 Å². The second-order valence-corrected chi connectivity index (χ2v) is 7.78. The molecule has 3 rings (SSSR count). The first-order valence-electron chi connectivity index (χ1n) is 9.42. The molecule has 0 radical (unpaired) electrons. The maximum atomic E-state index is 12.6. The zero-order valence-electron chi connectivity index (χ0n) is 16.4. The minimum Gasteiger partial charge on any atom is -0.497 e. The van der Waals surface area contributed by atoms with Crippen LogP contribution in [0, 0.1) is 0 Å². The Balaban J connectivity index is 1.75. The van der Waals surface area contributed by atoms with Crippen molar-refractivity contribution >= 4 is 28.2 Å². The maximum absolute atomic E-state index is 12.6. The zero-order chi connectivity index (χ0) is 20.1. The molecule has 28 heavy (non-hydrogen) atoms. The van der Waals surface area contributed by atoms with E-state index in [2.05, 4.69) is 12.2 Å². The highest BCUT2D eigenvalue weighted by atomic mass is 32.1. The van der Waals surface area contributed by atoms with E-state index in [-0.39, 0.29) is 24.4 Å². The molecule has 150 valence electrons. The number of ether oxygens (including phenoxy) is 3. The van der Waals surface area contributed by atoms with E-state index in [0.717, 1.165) is 29.7 Å². The van der Waals surface area contributed by atoms with Crippen molar-refractivity contribution in [1.82, 2.24) is 0 Å². The highest BCUT2D eigenvalue weighted by molar-refractivity contribution is 7.17. The highest BCUT2D eigenvalue weighted by Gasteiger charge is 2.30. The van der Waals surface area contributed by atoms with Crippen LogP contribution in [-0.2, 0) is 16.0 Å². The Morgan fingerprint density at radius 3 is 2.82 bits per heavy atom. The number of methoxy groups -OCH3 is 1. The Hall–Kier alpha value is -2.54. The predicted molar refractivity (Wildman–Crippen MR) is 109 cm³/mol. The van der Waals surface area contributed by atoms with E-state index in [9.17, 15) is 9.59 Å². The van der Waals surface area contributed by atoms with E-state index in [1.165, 1.54) is 11.3 Å². The third-order valence-corrected chi connectivity index (χ3v) is 5.88. The van der Waals surface area contributed by atoms with Gasteiger partial charge in [0.05, 0.1) is 19.3 Å². The van der Waals surface area contributed by atoms with Gasteiger partial charge in [0.2, 0.25) is 0 Å². The number of fused-ring (bicyclic) bond motifs is 1. The molecule has 1 aliphatic carbocycles. The summed E-state index contributed by atoms with van der Waals surface area (Å²) in [5.41, 5.74) is 1.53. The van der Waals surface area contributed by atoms with Gasteiger partial charge in [0.15, 0.2) is 6.61 Å². The number of aryl methyl sites for hydroxylation is 1. The number of anilines is 1. The summed E-state index contributed by atoms with van der Waals surface area (Å²) in [5.74, 6) is 0.775. The quantitative estimate of drug-likeness (QED) is 0.694. The van der Waals surface area contributed by atoms with E-state index in [1.807, 2.05) is 0 Å². The van der Waals surface area contributed by atoms with Gasteiger partial charge in [0.25, 0.3) is 5.91 Å². The van der Waals surface area contributed by atoms with Crippen LogP contribution in [0.3, 0.4) is 0 Å². The number of carbonyl (C=O) groups excluding carboxylic acids is 2. The molecule has 0 fully saturated rings. The van der Waals surface area contributed by atoms with E-state index in [1.54, 1.807) is 38.3 Å². The lowest BCUT2D eigenvalue weighted by Crippen LogP contribution is -2.21. The second-order valence-electron chi connectivity index (χ2n) is 6.67. The van der Waals surface area contributed by atoms with Gasteiger partial charge in [-0.3, -0.25) is 4.79 Å². The van der Waals surface area contributed by atoms with Crippen LogP contribution < -0.4 is 14.8 Å². The largest absolute Gasteiger partial charge is 0.497 e. The van der Waals surface area contributed by atoms with Gasteiger partial charge in [-0.25, -0.2) is 4.79 Å². The summed E-state index contributed by atoms with van der Waals surface area (Å²) in [6.07, 6.45) is 3.04. The predicted octanol–water partition coefficient (Wildman–Crippen LogP) is 4.39. The fourth-order valence-electron chi connectivity index (χ4n) is 3.41. The van der Waals surface area contributed by atoms with Crippen molar-refractivity contribution < 1.29 is 23.8 Å². The molecule has 1 atom stereocenters. The summed E-state index contributed by atoms with van der Waals surface area (Å²) in [4.78, 5) is 26.2. The first kappa shape index (κ1) is 20.2. The van der Waals surface area contributed by atoms with Crippen LogP contribution in [0.2, 0.25) is 0 Å². The maximum Gasteiger partial charge on any atom is 0.341 e. The fourth-order valence-corrected chi connectivity index (χ4v) is 4.77. The summed E-state index contributed by atoms with van der Waals surface area (Å²) >= 11 is 1.47. The fraction of sp³-hybridized carbons (Fsp3) is 0.429. The lowest BCUT2D eigenvalue weighted by atomic mass is 9.86. The van der Waals surface area contributed by atoms with Gasteiger partial charge in [-0.05, 0) is 49.8 Å². The molecule has 0 aliphatic heterocycles. The van der Waals surface area contributed by atoms with Crippen LogP contribution in [0.15, 0.2) is 24.3 Å². The average Bonchev–Trinajstić information content (AvgIpc) is 3.06. The van der Waals surface area contributed by atoms with Gasteiger partial charge in [0, 0.05) is 10.9 Å². The summed E-state index contributed by atoms with van der Waals surface area (Å²) in [7, 11) is 1.57. The number of nitrogens with one attached hydrogen (secondary N) is 1. The molecule has 1 amide bonds. The Labute approximate surface area is 168 Å². The van der Waals surface area contributed by atoms with Crippen LogP contribution in [0.1, 0.15) is 53.4 Å². The van der Waals surface area contributed by atoms with E-state index < -0.39 is 0 Å². The van der Waals surface area contributed by atoms with E-state index >= 15 is 0 Å². The number of amides is 1. The Kier molecular flexibility index (Phi) is 6.57. The van der Waals surface area contributed by atoms with Gasteiger partial charge >= 0.3 is 5.97 Å². The van der Waals surface area contributed by atoms with Crippen molar-refractivity contribution in [2.75, 3.05) is 25.6 Å². The van der Waals surface area contributed by atoms with E-state index in [4.69, 9.17) is 14.2 Å². The molecule has 6 nitrogen and oxygen atoms in total. The number of hydrogen-bond acceptors (Lipinski definition) is 6. The third-order valence-electron chi connectivity index (χ3n) is 4.70. The number of esters is 1. The molecule has 0 saturated heterocycles. The standard InChI is InChI=1S/C21H25NO5S/c1-4-26-21(24)19-18-13(2)7-5-10-16(18)28-20(19)22-17(23)12-27-15-9-6-8-14(11-15)25-3/h6,8-9,11,13H,4-5,7,10,12H2,1-3H3,(H,22,23). The van der Waals surface area contributed by atoms with Crippen LogP contribution in [-0.4, -0.2) is 32.2 Å². The second kappa shape index (κ2) is 9.10. The Bertz CT molecular complexity index is 860. The average molecular weight is 404 g/mol. The lowest BCUT2D eigenvalue weighted by molar-refractivity contribution is -0.118. The molecule has 1 heterocycles. The minimum absolute atomic E-state index is 0.159. The van der Waals surface area contributed by atoms with Crippen LogP contribution in [0.4, 0.5) is 5.00 Å². The summed E-state index contributed by atoms with van der Waals surface area (Å²) in [6.45, 7) is 4.03. The van der Waals surface area contributed by atoms with Crippen molar-refractivity contribution in [2.45, 2.75) is 39.0 Å². The van der Waals surface area contributed by atoms with Crippen molar-refractivity contribution in [2.24, 2.45) is 0 Å². The molecule has 2 aromatic rings. The Morgan fingerprint density at radius 1 is 1.29 bits per heavy atom. The molecule has 0 spiro atoms. The number of carbonyl (C=O) groups is 2. The Morgan fingerprint density at radius 2 is 2.07 bits per heavy atom. The highest BCUT2D eigenvalue weighted by Crippen LogP contribution is 2.43. The normalized spacial score (nSPS) is 15.5. The number of benzene rings is 1. The number of rotatable bonds is 7. The topological polar surface area (TPSA) is 73.9 Å². The first-order valence-corrected chi connectivity index (χ1v) is 10.2. The van der Waals surface area contributed by atoms with Gasteiger partial charge in [0.1, 0.15) is 16.5 Å². The SMILES string of the molecule is CCOC(=O)c1c(NC(=O)COc2cccc(OC)c2)sc2c1C(C)CCC2. The van der Waals surface area contributed by atoms with Gasteiger partial charge < -0.3 is 19.5 Å². The van der Waals surface area contributed by atoms with Crippen molar-refractivity contribution in [3.05, 3.63) is 40.3 Å². The van der Waals surface area contributed by atoms with Crippen molar-refractivity contribution in [3.63, 3.8) is 0 Å². The molecule has 0 bridgehead atoms. The molecule has 1 aromatic carbocycles. The first-order chi connectivity index (χ1) is 13.5. The van der Waals surface area contributed by atoms with Gasteiger partial charge in [-0.2, -0.15) is 0 Å². The molecule has 1 N–H and O–H groups in total. The van der Waals surface area contributed by atoms with Gasteiger partial charge in [-0.1, -0.05) is 13.0 Å². The molecular weight excluding hydrogens is 378 g/mol. The molecule has 1 unspecified atom stereocenters. The third kappa shape index (κ3) is 4.47. The minimum atomic E-state index is -0.377. The zero-order valence-corrected chi connectivity index (χ0v) is 17.2. The lowest BCUT2D eigenvalue weighted by Gasteiger charge is -2.19. The number of thiophene rings is 1. The molecule has 1 aromatic heterocycles. The van der Waals surface area contributed by atoms with Gasteiger partial charge in [-0.15, -0.1) is 11.3 Å². The van der Waals surface area contributed by atoms with Crippen LogP contribution in [0.25, 0.3) is 0 Å². The summed E-state index contributed by atoms with van der Waals surface area (Å²) in [5, 5.41) is 3.40. The molecule has 1 aliphatic rings. The van der Waals surface area contributed by atoms with Crippen LogP contribution in [0.5, 0.6) is 11.5 Å². The molecular formula is C21H25NO5S. The smallest absolute Gasteiger partial charge is 0.341 e. The summed E-state index contributed by atoms with van der Waals surface area (Å²) < 4.78 is 15.9. The monoisotopic (exact) mass is 403 g/mol. The summed E-state index contributed by atoms with van der Waals surface area (Å²) in [6, 6.07) is 7.06. The van der Waals surface area contributed by atoms with Crippen molar-refractivity contribution in [3.8, 4) is 11.5 Å². The number of hydrogen-bond donors (Lipinski definition) is 1. The van der Waals surface area contributed by atoms with Crippen molar-refractivity contribution in [1.29, 1.82) is 0 Å².